The second-order valence-corrected chi connectivity index (χ2v) is 6.54. The van der Waals surface area contributed by atoms with Crippen molar-refractivity contribution in [1.29, 1.82) is 0 Å². The van der Waals surface area contributed by atoms with Crippen LogP contribution in [0.25, 0.3) is 0 Å². The smallest absolute Gasteiger partial charge is 0.227 e. The number of aromatic nitrogens is 1. The predicted molar refractivity (Wildman–Crippen MR) is 91.0 cm³/mol. The monoisotopic (exact) mass is 328 g/mol. The molecule has 5 nitrogen and oxygen atoms in total. The van der Waals surface area contributed by atoms with Crippen molar-refractivity contribution in [2.45, 2.75) is 45.1 Å². The lowest BCUT2D eigenvalue weighted by Gasteiger charge is -2.23. The maximum absolute atomic E-state index is 12.8. The third kappa shape index (κ3) is 3.30. The molecule has 128 valence electrons. The number of nitrogens with zero attached hydrogens (tertiary/aromatic N) is 2. The molecule has 0 bridgehead atoms. The van der Waals surface area contributed by atoms with E-state index in [9.17, 15) is 4.79 Å². The molecular formula is C19H24N2O3. The van der Waals surface area contributed by atoms with E-state index < -0.39 is 0 Å². The first-order chi connectivity index (χ1) is 11.6. The number of methoxy groups -OCH3 is 1. The second kappa shape index (κ2) is 7.07. The summed E-state index contributed by atoms with van der Waals surface area (Å²) < 4.78 is 10.8. The average Bonchev–Trinajstić information content (AvgIpc) is 3.24. The summed E-state index contributed by atoms with van der Waals surface area (Å²) in [7, 11) is 1.63. The van der Waals surface area contributed by atoms with Crippen molar-refractivity contribution >= 4 is 5.91 Å². The molecule has 5 heteroatoms. The molecule has 0 N–H and O–H groups in total. The molecule has 1 aromatic heterocycles. The van der Waals surface area contributed by atoms with Crippen molar-refractivity contribution < 1.29 is 14.1 Å². The van der Waals surface area contributed by atoms with E-state index in [0.29, 0.717) is 12.3 Å². The summed E-state index contributed by atoms with van der Waals surface area (Å²) in [5.74, 6) is 2.03. The number of para-hydroxylation sites is 1. The van der Waals surface area contributed by atoms with Crippen molar-refractivity contribution in [3.8, 4) is 5.75 Å². The number of rotatable bonds is 5. The van der Waals surface area contributed by atoms with E-state index in [4.69, 9.17) is 9.26 Å². The Balaban J connectivity index is 1.76. The van der Waals surface area contributed by atoms with E-state index in [1.807, 2.05) is 35.2 Å². The fourth-order valence-corrected chi connectivity index (χ4v) is 3.22. The minimum Gasteiger partial charge on any atom is -0.496 e. The van der Waals surface area contributed by atoms with E-state index in [1.54, 1.807) is 7.11 Å². The molecule has 1 aromatic carbocycles. The Morgan fingerprint density at radius 3 is 2.92 bits per heavy atom. The van der Waals surface area contributed by atoms with Gasteiger partial charge in [-0.05, 0) is 18.9 Å². The minimum atomic E-state index is 0.0171. The first-order valence-electron chi connectivity index (χ1n) is 8.48. The molecule has 1 fully saturated rings. The summed E-state index contributed by atoms with van der Waals surface area (Å²) in [6, 6.07) is 9.67. The van der Waals surface area contributed by atoms with Crippen LogP contribution in [0.4, 0.5) is 0 Å². The van der Waals surface area contributed by atoms with E-state index in [-0.39, 0.29) is 11.9 Å². The molecule has 0 aliphatic carbocycles. The third-order valence-corrected chi connectivity index (χ3v) is 4.56. The van der Waals surface area contributed by atoms with Crippen molar-refractivity contribution in [3.63, 3.8) is 0 Å². The SMILES string of the molecule is COc1ccccc1CC(=O)N1CCC[C@@H]1c1cc(C(C)C)on1. The molecule has 1 atom stereocenters. The van der Waals surface area contributed by atoms with Crippen LogP contribution in [0.1, 0.15) is 55.7 Å². The van der Waals surface area contributed by atoms with Gasteiger partial charge in [-0.15, -0.1) is 0 Å². The number of amides is 1. The van der Waals surface area contributed by atoms with Gasteiger partial charge in [0.25, 0.3) is 0 Å². The molecule has 0 spiro atoms. The highest BCUT2D eigenvalue weighted by Gasteiger charge is 2.32. The summed E-state index contributed by atoms with van der Waals surface area (Å²) in [6.07, 6.45) is 2.27. The van der Waals surface area contributed by atoms with E-state index in [1.165, 1.54) is 0 Å². The van der Waals surface area contributed by atoms with Crippen LogP contribution in [0.3, 0.4) is 0 Å². The molecule has 2 aromatic rings. The van der Waals surface area contributed by atoms with E-state index in [0.717, 1.165) is 42.2 Å². The van der Waals surface area contributed by atoms with Crippen molar-refractivity contribution in [1.82, 2.24) is 10.1 Å². The zero-order chi connectivity index (χ0) is 17.1. The summed E-state index contributed by atoms with van der Waals surface area (Å²) >= 11 is 0. The summed E-state index contributed by atoms with van der Waals surface area (Å²) in [4.78, 5) is 14.7. The summed E-state index contributed by atoms with van der Waals surface area (Å²) in [5.41, 5.74) is 1.78. The number of carbonyl (C=O) groups is 1. The highest BCUT2D eigenvalue weighted by Crippen LogP contribution is 2.33. The van der Waals surface area contributed by atoms with Gasteiger partial charge in [-0.25, -0.2) is 0 Å². The quantitative estimate of drug-likeness (QED) is 0.839. The van der Waals surface area contributed by atoms with Gasteiger partial charge in [0.15, 0.2) is 0 Å². The third-order valence-electron chi connectivity index (χ3n) is 4.56. The molecule has 1 saturated heterocycles. The highest BCUT2D eigenvalue weighted by molar-refractivity contribution is 5.80. The Morgan fingerprint density at radius 1 is 1.42 bits per heavy atom. The van der Waals surface area contributed by atoms with Gasteiger partial charge in [-0.1, -0.05) is 37.2 Å². The molecule has 1 amide bonds. The van der Waals surface area contributed by atoms with Crippen LogP contribution in [0.15, 0.2) is 34.9 Å². The van der Waals surface area contributed by atoms with Crippen LogP contribution in [-0.4, -0.2) is 29.6 Å². The molecule has 2 heterocycles. The zero-order valence-corrected chi connectivity index (χ0v) is 14.5. The minimum absolute atomic E-state index is 0.0171. The molecule has 0 unspecified atom stereocenters. The van der Waals surface area contributed by atoms with Crippen molar-refractivity contribution in [2.75, 3.05) is 13.7 Å². The lowest BCUT2D eigenvalue weighted by atomic mass is 10.1. The summed E-state index contributed by atoms with van der Waals surface area (Å²) in [6.45, 7) is 4.91. The first kappa shape index (κ1) is 16.6. The van der Waals surface area contributed by atoms with Gasteiger partial charge in [0, 0.05) is 24.1 Å². The lowest BCUT2D eigenvalue weighted by molar-refractivity contribution is -0.131. The molecule has 24 heavy (non-hydrogen) atoms. The van der Waals surface area contributed by atoms with Crippen LogP contribution in [0.5, 0.6) is 5.75 Å². The predicted octanol–water partition coefficient (Wildman–Crippen LogP) is 3.71. The molecule has 3 rings (SSSR count). The molecule has 0 radical (unpaired) electrons. The highest BCUT2D eigenvalue weighted by atomic mass is 16.5. The Kier molecular flexibility index (Phi) is 4.88. The fourth-order valence-electron chi connectivity index (χ4n) is 3.22. The molecule has 1 aliphatic heterocycles. The zero-order valence-electron chi connectivity index (χ0n) is 14.5. The van der Waals surface area contributed by atoms with Crippen LogP contribution in [0.2, 0.25) is 0 Å². The van der Waals surface area contributed by atoms with E-state index >= 15 is 0 Å². The van der Waals surface area contributed by atoms with Crippen LogP contribution >= 0.6 is 0 Å². The molecular weight excluding hydrogens is 304 g/mol. The topological polar surface area (TPSA) is 55.6 Å². The largest absolute Gasteiger partial charge is 0.496 e. The lowest BCUT2D eigenvalue weighted by Crippen LogP contribution is -2.32. The number of hydrogen-bond donors (Lipinski definition) is 0. The number of carbonyl (C=O) groups excluding carboxylic acids is 1. The maximum Gasteiger partial charge on any atom is 0.227 e. The number of benzene rings is 1. The van der Waals surface area contributed by atoms with Gasteiger partial charge in [-0.3, -0.25) is 4.79 Å². The number of ether oxygens (including phenoxy) is 1. The maximum atomic E-state index is 12.8. The van der Waals surface area contributed by atoms with Crippen molar-refractivity contribution in [2.24, 2.45) is 0 Å². The Hall–Kier alpha value is -2.30. The van der Waals surface area contributed by atoms with Gasteiger partial charge >= 0.3 is 0 Å². The Bertz CT molecular complexity index is 708. The standard InChI is InChI=1S/C19H24N2O3/c1-13(2)18-12-15(20-24-18)16-8-6-10-21(16)19(22)11-14-7-4-5-9-17(14)23-3/h4-5,7,9,12-13,16H,6,8,10-11H2,1-3H3/t16-/m1/s1. The normalized spacial score (nSPS) is 17.5. The van der Waals surface area contributed by atoms with Gasteiger partial charge in [-0.2, -0.15) is 0 Å². The van der Waals surface area contributed by atoms with Gasteiger partial charge in [0.05, 0.1) is 19.6 Å². The van der Waals surface area contributed by atoms with Gasteiger partial charge < -0.3 is 14.2 Å². The number of hydrogen-bond acceptors (Lipinski definition) is 4. The van der Waals surface area contributed by atoms with Crippen molar-refractivity contribution in [3.05, 3.63) is 47.3 Å². The van der Waals surface area contributed by atoms with Crippen LogP contribution < -0.4 is 4.74 Å². The average molecular weight is 328 g/mol. The molecule has 1 aliphatic rings. The van der Waals surface area contributed by atoms with Gasteiger partial charge in [0.2, 0.25) is 5.91 Å². The Labute approximate surface area is 142 Å². The van der Waals surface area contributed by atoms with Crippen LogP contribution in [0, 0.1) is 0 Å². The Morgan fingerprint density at radius 2 is 2.21 bits per heavy atom. The molecule has 0 saturated carbocycles. The van der Waals surface area contributed by atoms with Crippen LogP contribution in [-0.2, 0) is 11.2 Å². The van der Waals surface area contributed by atoms with Gasteiger partial charge in [0.1, 0.15) is 17.2 Å². The number of likely N-dealkylation sites (tertiary alicyclic amines) is 1. The first-order valence-corrected chi connectivity index (χ1v) is 8.48. The summed E-state index contributed by atoms with van der Waals surface area (Å²) in [5, 5.41) is 4.20. The fraction of sp³-hybridized carbons (Fsp3) is 0.474. The second-order valence-electron chi connectivity index (χ2n) is 6.54. The van der Waals surface area contributed by atoms with E-state index in [2.05, 4.69) is 19.0 Å².